The third-order valence-electron chi connectivity index (χ3n) is 3.22. The van der Waals surface area contributed by atoms with E-state index in [1.165, 1.54) is 23.9 Å². The molecule has 2 aromatic carbocycles. The van der Waals surface area contributed by atoms with E-state index < -0.39 is 10.9 Å². The summed E-state index contributed by atoms with van der Waals surface area (Å²) in [5.41, 5.74) is 1.17. The maximum absolute atomic E-state index is 12.0. The molecule has 0 fully saturated rings. The third-order valence-corrected chi connectivity index (χ3v) is 4.00. The van der Waals surface area contributed by atoms with Crippen LogP contribution in [0.25, 0.3) is 0 Å². The molecule has 2 rings (SSSR count). The van der Waals surface area contributed by atoms with Gasteiger partial charge in [-0.15, -0.1) is 11.8 Å². The molecule has 7 heteroatoms. The quantitative estimate of drug-likeness (QED) is 0.249. The fraction of sp³-hybridized carbons (Fsp3) is 0.235. The number of rotatable bonds is 7. The zero-order chi connectivity index (χ0) is 17.5. The van der Waals surface area contributed by atoms with E-state index in [2.05, 4.69) is 0 Å². The number of hydrogen-bond acceptors (Lipinski definition) is 6. The van der Waals surface area contributed by atoms with Crippen LogP contribution in [-0.2, 0) is 4.74 Å². The van der Waals surface area contributed by atoms with Crippen LogP contribution in [0.3, 0.4) is 0 Å². The number of nitro groups is 1. The Balaban J connectivity index is 1.89. The molecule has 0 aliphatic carbocycles. The first-order valence-electron chi connectivity index (χ1n) is 7.20. The van der Waals surface area contributed by atoms with Gasteiger partial charge in [-0.3, -0.25) is 10.1 Å². The lowest BCUT2D eigenvalue weighted by Crippen LogP contribution is -2.12. The minimum Gasteiger partial charge on any atom is -0.490 e. The second-order valence-electron chi connectivity index (χ2n) is 4.94. The van der Waals surface area contributed by atoms with Crippen molar-refractivity contribution in [3.05, 3.63) is 63.7 Å². The molecular weight excluding hydrogens is 330 g/mol. The van der Waals surface area contributed by atoms with Gasteiger partial charge in [0.15, 0.2) is 0 Å². The molecule has 0 aliphatic rings. The zero-order valence-corrected chi connectivity index (χ0v) is 14.2. The van der Waals surface area contributed by atoms with Crippen molar-refractivity contribution in [1.29, 1.82) is 0 Å². The molecule has 6 nitrogen and oxygen atoms in total. The highest BCUT2D eigenvalue weighted by Gasteiger charge is 2.17. The maximum Gasteiger partial charge on any atom is 0.338 e. The van der Waals surface area contributed by atoms with E-state index in [-0.39, 0.29) is 24.5 Å². The normalized spacial score (nSPS) is 10.2. The fourth-order valence-electron chi connectivity index (χ4n) is 1.97. The standard InChI is InChI=1S/C17H17NO5S/c1-12-3-6-14(7-4-12)22-9-10-23-17(19)13-5-8-16(24-2)15(11-13)18(20)21/h3-8,11H,9-10H2,1-2H3. The van der Waals surface area contributed by atoms with Crippen molar-refractivity contribution in [3.63, 3.8) is 0 Å². The van der Waals surface area contributed by atoms with Crippen LogP contribution in [0.1, 0.15) is 15.9 Å². The smallest absolute Gasteiger partial charge is 0.338 e. The number of nitro benzene ring substituents is 1. The topological polar surface area (TPSA) is 78.7 Å². The van der Waals surface area contributed by atoms with E-state index in [9.17, 15) is 14.9 Å². The van der Waals surface area contributed by atoms with E-state index >= 15 is 0 Å². The summed E-state index contributed by atoms with van der Waals surface area (Å²) < 4.78 is 10.5. The van der Waals surface area contributed by atoms with Crippen molar-refractivity contribution >= 4 is 23.4 Å². The van der Waals surface area contributed by atoms with E-state index in [0.717, 1.165) is 5.56 Å². The first-order chi connectivity index (χ1) is 11.5. The number of aryl methyl sites for hydroxylation is 1. The lowest BCUT2D eigenvalue weighted by Gasteiger charge is -2.08. The Morgan fingerprint density at radius 3 is 2.50 bits per heavy atom. The number of hydrogen-bond donors (Lipinski definition) is 0. The van der Waals surface area contributed by atoms with Gasteiger partial charge in [0, 0.05) is 6.07 Å². The number of nitrogens with zero attached hydrogens (tertiary/aromatic N) is 1. The maximum atomic E-state index is 12.0. The molecule has 0 spiro atoms. The van der Waals surface area contributed by atoms with Gasteiger partial charge in [0.05, 0.1) is 15.4 Å². The highest BCUT2D eigenvalue weighted by atomic mass is 32.2. The Hall–Kier alpha value is -2.54. The molecule has 0 aliphatic heterocycles. The van der Waals surface area contributed by atoms with Crippen molar-refractivity contribution < 1.29 is 19.2 Å². The number of ether oxygens (including phenoxy) is 2. The minimum atomic E-state index is -0.613. The van der Waals surface area contributed by atoms with Gasteiger partial charge in [-0.1, -0.05) is 17.7 Å². The zero-order valence-electron chi connectivity index (χ0n) is 13.4. The van der Waals surface area contributed by atoms with Gasteiger partial charge in [-0.2, -0.15) is 0 Å². The number of carbonyl (C=O) groups is 1. The molecule has 0 N–H and O–H groups in total. The molecule has 0 heterocycles. The Morgan fingerprint density at radius 2 is 1.88 bits per heavy atom. The molecule has 0 aromatic heterocycles. The monoisotopic (exact) mass is 347 g/mol. The lowest BCUT2D eigenvalue weighted by molar-refractivity contribution is -0.387. The summed E-state index contributed by atoms with van der Waals surface area (Å²) in [5.74, 6) is 0.0786. The molecule has 0 amide bonds. The Kier molecular flexibility index (Phi) is 6.20. The van der Waals surface area contributed by atoms with E-state index in [4.69, 9.17) is 9.47 Å². The largest absolute Gasteiger partial charge is 0.490 e. The number of benzene rings is 2. The average molecular weight is 347 g/mol. The second-order valence-corrected chi connectivity index (χ2v) is 5.79. The molecule has 0 bridgehead atoms. The summed E-state index contributed by atoms with van der Waals surface area (Å²) in [6.07, 6.45) is 1.74. The predicted octanol–water partition coefficient (Wildman–Crippen LogP) is 3.86. The van der Waals surface area contributed by atoms with Crippen LogP contribution < -0.4 is 4.74 Å². The third kappa shape index (κ3) is 4.73. The summed E-state index contributed by atoms with van der Waals surface area (Å²) in [4.78, 5) is 23.0. The Morgan fingerprint density at radius 1 is 1.17 bits per heavy atom. The SMILES string of the molecule is CSc1ccc(C(=O)OCCOc2ccc(C)cc2)cc1[N+](=O)[O-]. The molecule has 2 aromatic rings. The van der Waals surface area contributed by atoms with Crippen molar-refractivity contribution in [2.24, 2.45) is 0 Å². The number of carbonyl (C=O) groups excluding carboxylic acids is 1. The van der Waals surface area contributed by atoms with Gasteiger partial charge >= 0.3 is 5.97 Å². The van der Waals surface area contributed by atoms with Crippen LogP contribution >= 0.6 is 11.8 Å². The minimum absolute atomic E-state index is 0.0603. The van der Waals surface area contributed by atoms with Crippen molar-refractivity contribution in [2.45, 2.75) is 11.8 Å². The average Bonchev–Trinajstić information content (AvgIpc) is 2.59. The van der Waals surface area contributed by atoms with Crippen LogP contribution in [0.2, 0.25) is 0 Å². The highest BCUT2D eigenvalue weighted by Crippen LogP contribution is 2.28. The molecule has 0 atom stereocenters. The summed E-state index contributed by atoms with van der Waals surface area (Å²) in [7, 11) is 0. The van der Waals surface area contributed by atoms with Gasteiger partial charge in [0.2, 0.25) is 0 Å². The van der Waals surface area contributed by atoms with Gasteiger partial charge in [-0.05, 0) is 37.4 Å². The van der Waals surface area contributed by atoms with Crippen molar-refractivity contribution in [1.82, 2.24) is 0 Å². The molecular formula is C17H17NO5S. The first kappa shape index (κ1) is 17.8. The molecule has 0 radical (unpaired) electrons. The predicted molar refractivity (Wildman–Crippen MR) is 91.8 cm³/mol. The Labute approximate surface area is 143 Å². The molecule has 0 unspecified atom stereocenters. The fourth-order valence-corrected chi connectivity index (χ4v) is 2.52. The van der Waals surface area contributed by atoms with Crippen molar-refractivity contribution in [3.8, 4) is 5.75 Å². The first-order valence-corrected chi connectivity index (χ1v) is 8.42. The van der Waals surface area contributed by atoms with Gasteiger partial charge < -0.3 is 9.47 Å². The highest BCUT2D eigenvalue weighted by molar-refractivity contribution is 7.98. The lowest BCUT2D eigenvalue weighted by atomic mass is 10.2. The summed E-state index contributed by atoms with van der Waals surface area (Å²) in [5, 5.41) is 11.0. The van der Waals surface area contributed by atoms with Crippen LogP contribution in [0.4, 0.5) is 5.69 Å². The van der Waals surface area contributed by atoms with Crippen LogP contribution in [-0.4, -0.2) is 30.4 Å². The number of esters is 1. The molecule has 126 valence electrons. The Bertz CT molecular complexity index is 730. The summed E-state index contributed by atoms with van der Waals surface area (Å²) >= 11 is 1.25. The van der Waals surface area contributed by atoms with Crippen LogP contribution in [0.5, 0.6) is 5.75 Å². The van der Waals surface area contributed by atoms with Gasteiger partial charge in [0.25, 0.3) is 5.69 Å². The number of thioether (sulfide) groups is 1. The summed E-state index contributed by atoms with van der Waals surface area (Å²) in [6, 6.07) is 11.8. The van der Waals surface area contributed by atoms with Crippen LogP contribution in [0.15, 0.2) is 47.4 Å². The van der Waals surface area contributed by atoms with Crippen molar-refractivity contribution in [2.75, 3.05) is 19.5 Å². The second kappa shape index (κ2) is 8.35. The van der Waals surface area contributed by atoms with E-state index in [1.807, 2.05) is 31.2 Å². The molecule has 0 saturated heterocycles. The van der Waals surface area contributed by atoms with E-state index in [0.29, 0.717) is 10.6 Å². The van der Waals surface area contributed by atoms with Gasteiger partial charge in [-0.25, -0.2) is 4.79 Å². The molecule has 0 saturated carbocycles. The summed E-state index contributed by atoms with van der Waals surface area (Å²) in [6.45, 7) is 2.25. The molecule has 24 heavy (non-hydrogen) atoms. The van der Waals surface area contributed by atoms with Gasteiger partial charge in [0.1, 0.15) is 19.0 Å². The van der Waals surface area contributed by atoms with E-state index in [1.54, 1.807) is 12.3 Å². The van der Waals surface area contributed by atoms with Crippen LogP contribution in [0, 0.1) is 17.0 Å².